The van der Waals surface area contributed by atoms with Crippen LogP contribution in [0.2, 0.25) is 0 Å². The number of halogens is 6. The van der Waals surface area contributed by atoms with Crippen molar-refractivity contribution in [3.8, 4) is 0 Å². The first-order valence-corrected chi connectivity index (χ1v) is 4.46. The Kier molecular flexibility index (Phi) is 4.83. The summed E-state index contributed by atoms with van der Waals surface area (Å²) in [6, 6.07) is 2.00. The molecule has 6 heteroatoms. The number of benzene rings is 1. The lowest BCUT2D eigenvalue weighted by Gasteiger charge is -2.10. The van der Waals surface area contributed by atoms with Crippen LogP contribution in [0.15, 0.2) is 24.3 Å². The van der Waals surface area contributed by atoms with Crippen LogP contribution in [0.1, 0.15) is 25.0 Å². The highest BCUT2D eigenvalue weighted by atomic mass is 19.4. The average Bonchev–Trinajstić information content (AvgIpc) is 2.18. The second kappa shape index (κ2) is 5.23. The summed E-state index contributed by atoms with van der Waals surface area (Å²) in [6.07, 6.45) is -9.50. The summed E-state index contributed by atoms with van der Waals surface area (Å²) in [7, 11) is 0. The van der Waals surface area contributed by atoms with Crippen LogP contribution in [0, 0.1) is 0 Å². The predicted molar refractivity (Wildman–Crippen MR) is 47.8 cm³/mol. The van der Waals surface area contributed by atoms with Crippen molar-refractivity contribution in [3.63, 3.8) is 0 Å². The van der Waals surface area contributed by atoms with E-state index >= 15 is 0 Å². The lowest BCUT2D eigenvalue weighted by atomic mass is 10.1. The highest BCUT2D eigenvalue weighted by Gasteiger charge is 2.35. The van der Waals surface area contributed by atoms with E-state index in [0.717, 1.165) is 6.07 Å². The summed E-state index contributed by atoms with van der Waals surface area (Å²) >= 11 is 0. The van der Waals surface area contributed by atoms with Crippen molar-refractivity contribution in [2.24, 2.45) is 0 Å². The Hall–Kier alpha value is -1.20. The molecule has 1 aromatic carbocycles. The van der Waals surface area contributed by atoms with Gasteiger partial charge < -0.3 is 0 Å². The van der Waals surface area contributed by atoms with Gasteiger partial charge in [-0.3, -0.25) is 0 Å². The van der Waals surface area contributed by atoms with Gasteiger partial charge >= 0.3 is 12.4 Å². The average molecular weight is 244 g/mol. The quantitative estimate of drug-likeness (QED) is 0.577. The van der Waals surface area contributed by atoms with Crippen LogP contribution in [-0.2, 0) is 12.4 Å². The lowest BCUT2D eigenvalue weighted by molar-refractivity contribution is -0.143. The number of rotatable bonds is 0. The maximum atomic E-state index is 12.0. The highest BCUT2D eigenvalue weighted by Crippen LogP contribution is 2.34. The largest absolute Gasteiger partial charge is 0.416 e. The Labute approximate surface area is 88.9 Å². The summed E-state index contributed by atoms with van der Waals surface area (Å²) in [5, 5.41) is 0. The summed E-state index contributed by atoms with van der Waals surface area (Å²) in [6.45, 7) is 4.00. The van der Waals surface area contributed by atoms with Gasteiger partial charge in [-0.05, 0) is 18.2 Å². The standard InChI is InChI=1S/C8H4F6.C2H6/c9-7(10,11)5-2-1-3-6(4-5)8(12,13)14;1-2/h1-4H;1-2H3. The summed E-state index contributed by atoms with van der Waals surface area (Å²) in [5.41, 5.74) is -2.60. The monoisotopic (exact) mass is 244 g/mol. The minimum Gasteiger partial charge on any atom is -0.166 e. The van der Waals surface area contributed by atoms with Crippen LogP contribution in [0.5, 0.6) is 0 Å². The summed E-state index contributed by atoms with van der Waals surface area (Å²) < 4.78 is 71.9. The van der Waals surface area contributed by atoms with E-state index in [1.165, 1.54) is 0 Å². The van der Waals surface area contributed by atoms with Crippen molar-refractivity contribution in [1.82, 2.24) is 0 Å². The molecule has 0 saturated carbocycles. The van der Waals surface area contributed by atoms with Crippen molar-refractivity contribution in [1.29, 1.82) is 0 Å². The zero-order valence-electron chi connectivity index (χ0n) is 8.58. The molecule has 1 rings (SSSR count). The van der Waals surface area contributed by atoms with Gasteiger partial charge in [0.25, 0.3) is 0 Å². The third kappa shape index (κ3) is 4.12. The molecule has 0 fully saturated rings. The first kappa shape index (κ1) is 14.8. The normalized spacial score (nSPS) is 11.8. The molecule has 0 radical (unpaired) electrons. The molecule has 0 saturated heterocycles. The van der Waals surface area contributed by atoms with E-state index < -0.39 is 23.5 Å². The molecule has 0 aliphatic heterocycles. The lowest BCUT2D eigenvalue weighted by Crippen LogP contribution is -2.09. The van der Waals surface area contributed by atoms with Crippen LogP contribution >= 0.6 is 0 Å². The van der Waals surface area contributed by atoms with E-state index in [4.69, 9.17) is 0 Å². The Morgan fingerprint density at radius 2 is 1.06 bits per heavy atom. The van der Waals surface area contributed by atoms with Crippen LogP contribution in [-0.4, -0.2) is 0 Å². The van der Waals surface area contributed by atoms with Gasteiger partial charge in [-0.1, -0.05) is 19.9 Å². The molecule has 0 nitrogen and oxygen atoms in total. The van der Waals surface area contributed by atoms with Crippen molar-refractivity contribution in [2.75, 3.05) is 0 Å². The molecular weight excluding hydrogens is 234 g/mol. The van der Waals surface area contributed by atoms with Crippen LogP contribution in [0.3, 0.4) is 0 Å². The Morgan fingerprint density at radius 3 is 1.31 bits per heavy atom. The van der Waals surface area contributed by atoms with Crippen molar-refractivity contribution < 1.29 is 26.3 Å². The van der Waals surface area contributed by atoms with E-state index in [1.807, 2.05) is 13.8 Å². The second-order valence-corrected chi connectivity index (χ2v) is 2.58. The molecule has 0 aliphatic carbocycles. The van der Waals surface area contributed by atoms with Crippen molar-refractivity contribution >= 4 is 0 Å². The third-order valence-electron chi connectivity index (χ3n) is 1.52. The molecule has 0 spiro atoms. The fourth-order valence-corrected chi connectivity index (χ4v) is 0.872. The maximum absolute atomic E-state index is 12.0. The molecular formula is C10H10F6. The predicted octanol–water partition coefficient (Wildman–Crippen LogP) is 4.75. The molecule has 92 valence electrons. The molecule has 0 atom stereocenters. The van der Waals surface area contributed by atoms with Gasteiger partial charge in [0.2, 0.25) is 0 Å². The summed E-state index contributed by atoms with van der Waals surface area (Å²) in [4.78, 5) is 0. The van der Waals surface area contributed by atoms with Gasteiger partial charge in [0.1, 0.15) is 0 Å². The fraction of sp³-hybridized carbons (Fsp3) is 0.400. The molecule has 0 bridgehead atoms. The van der Waals surface area contributed by atoms with E-state index in [0.29, 0.717) is 12.1 Å². The van der Waals surface area contributed by atoms with Gasteiger partial charge in [0, 0.05) is 0 Å². The number of hydrogen-bond acceptors (Lipinski definition) is 0. The Morgan fingerprint density at radius 1 is 0.750 bits per heavy atom. The van der Waals surface area contributed by atoms with Crippen LogP contribution in [0.25, 0.3) is 0 Å². The van der Waals surface area contributed by atoms with E-state index in [2.05, 4.69) is 0 Å². The topological polar surface area (TPSA) is 0 Å². The molecule has 0 aliphatic rings. The molecule has 0 heterocycles. The summed E-state index contributed by atoms with van der Waals surface area (Å²) in [5.74, 6) is 0. The van der Waals surface area contributed by atoms with E-state index in [-0.39, 0.29) is 6.07 Å². The number of alkyl halides is 6. The molecule has 0 unspecified atom stereocenters. The Bertz CT molecular complexity index is 294. The minimum absolute atomic E-state index is 0.0833. The van der Waals surface area contributed by atoms with Crippen LogP contribution < -0.4 is 0 Å². The van der Waals surface area contributed by atoms with Gasteiger partial charge in [-0.15, -0.1) is 0 Å². The maximum Gasteiger partial charge on any atom is 0.416 e. The molecule has 0 amide bonds. The first-order valence-electron chi connectivity index (χ1n) is 4.46. The van der Waals surface area contributed by atoms with E-state index in [1.54, 1.807) is 0 Å². The van der Waals surface area contributed by atoms with Gasteiger partial charge in [-0.2, -0.15) is 26.3 Å². The fourth-order valence-electron chi connectivity index (χ4n) is 0.872. The number of hydrogen-bond donors (Lipinski definition) is 0. The van der Waals surface area contributed by atoms with Crippen molar-refractivity contribution in [3.05, 3.63) is 35.4 Å². The first-order chi connectivity index (χ1) is 7.21. The van der Waals surface area contributed by atoms with Gasteiger partial charge in [0.05, 0.1) is 11.1 Å². The SMILES string of the molecule is CC.FC(F)(F)c1cccc(C(F)(F)F)c1. The Balaban J connectivity index is 0.00000106. The van der Waals surface area contributed by atoms with Gasteiger partial charge in [0.15, 0.2) is 0 Å². The van der Waals surface area contributed by atoms with Crippen LogP contribution in [0.4, 0.5) is 26.3 Å². The minimum atomic E-state index is -4.75. The molecule has 0 N–H and O–H groups in total. The molecule has 1 aromatic rings. The highest BCUT2D eigenvalue weighted by molar-refractivity contribution is 5.27. The molecule has 0 aromatic heterocycles. The van der Waals surface area contributed by atoms with E-state index in [9.17, 15) is 26.3 Å². The zero-order valence-corrected chi connectivity index (χ0v) is 8.58. The molecule has 16 heavy (non-hydrogen) atoms. The third-order valence-corrected chi connectivity index (χ3v) is 1.52. The zero-order chi connectivity index (χ0) is 13.0. The second-order valence-electron chi connectivity index (χ2n) is 2.58. The van der Waals surface area contributed by atoms with Crippen molar-refractivity contribution in [2.45, 2.75) is 26.2 Å². The smallest absolute Gasteiger partial charge is 0.166 e. The van der Waals surface area contributed by atoms with Gasteiger partial charge in [-0.25, -0.2) is 0 Å².